The van der Waals surface area contributed by atoms with Crippen LogP contribution in [0, 0.1) is 0 Å². The van der Waals surface area contributed by atoms with Crippen LogP contribution in [0.15, 0.2) is 29.2 Å². The summed E-state index contributed by atoms with van der Waals surface area (Å²) < 4.78 is 23.1. The third-order valence-corrected chi connectivity index (χ3v) is 4.73. The van der Waals surface area contributed by atoms with Gasteiger partial charge in [0.1, 0.15) is 0 Å². The Bertz CT molecular complexity index is 590. The van der Waals surface area contributed by atoms with E-state index in [2.05, 4.69) is 11.8 Å². The fourth-order valence-electron chi connectivity index (χ4n) is 2.31. The molecule has 1 aromatic carbocycles. The summed E-state index contributed by atoms with van der Waals surface area (Å²) in [7, 11) is -3.28. The van der Waals surface area contributed by atoms with Crippen molar-refractivity contribution in [1.29, 1.82) is 0 Å². The molecular weight excluding hydrogens is 276 g/mol. The Balaban J connectivity index is 2.14. The van der Waals surface area contributed by atoms with E-state index in [4.69, 9.17) is 0 Å². The molecule has 1 amide bonds. The molecule has 0 spiro atoms. The molecule has 0 aromatic heterocycles. The number of hydrogen-bond acceptors (Lipinski definition) is 4. The van der Waals surface area contributed by atoms with E-state index in [1.165, 1.54) is 12.1 Å². The molecule has 1 fully saturated rings. The minimum atomic E-state index is -3.28. The van der Waals surface area contributed by atoms with Gasteiger partial charge in [0.2, 0.25) is 0 Å². The zero-order valence-corrected chi connectivity index (χ0v) is 12.7. The highest BCUT2D eigenvalue weighted by atomic mass is 32.2. The largest absolute Gasteiger partial charge is 0.336 e. The molecule has 0 radical (unpaired) electrons. The molecule has 1 aromatic rings. The Morgan fingerprint density at radius 1 is 1.20 bits per heavy atom. The molecule has 2 rings (SSSR count). The predicted molar refractivity (Wildman–Crippen MR) is 77.6 cm³/mol. The van der Waals surface area contributed by atoms with E-state index in [1.54, 1.807) is 17.0 Å². The van der Waals surface area contributed by atoms with Gasteiger partial charge < -0.3 is 9.80 Å². The van der Waals surface area contributed by atoms with Crippen molar-refractivity contribution in [3.8, 4) is 0 Å². The first kappa shape index (κ1) is 15.0. The smallest absolute Gasteiger partial charge is 0.253 e. The summed E-state index contributed by atoms with van der Waals surface area (Å²) in [6.45, 7) is 6.21. The van der Waals surface area contributed by atoms with Crippen LogP contribution >= 0.6 is 0 Å². The summed E-state index contributed by atoms with van der Waals surface area (Å²) in [6, 6.07) is 6.26. The average Bonchev–Trinajstić information content (AvgIpc) is 2.46. The number of likely N-dealkylation sites (N-methyl/N-ethyl adjacent to an activating group) is 1. The zero-order valence-electron chi connectivity index (χ0n) is 11.9. The minimum Gasteiger partial charge on any atom is -0.336 e. The Hall–Kier alpha value is -1.40. The van der Waals surface area contributed by atoms with Gasteiger partial charge in [-0.3, -0.25) is 4.79 Å². The highest BCUT2D eigenvalue weighted by Crippen LogP contribution is 2.14. The molecule has 110 valence electrons. The molecular formula is C14H20N2O3S. The summed E-state index contributed by atoms with van der Waals surface area (Å²) in [5.74, 6) is -0.0914. The zero-order chi connectivity index (χ0) is 14.8. The Kier molecular flexibility index (Phi) is 4.45. The Morgan fingerprint density at radius 2 is 1.85 bits per heavy atom. The molecule has 1 saturated heterocycles. The van der Waals surface area contributed by atoms with Gasteiger partial charge in [-0.15, -0.1) is 0 Å². The van der Waals surface area contributed by atoms with E-state index in [0.29, 0.717) is 18.7 Å². The summed E-state index contributed by atoms with van der Waals surface area (Å²) in [5.41, 5.74) is 0.442. The van der Waals surface area contributed by atoms with Crippen LogP contribution in [0.5, 0.6) is 0 Å². The average molecular weight is 296 g/mol. The normalized spacial score (nSPS) is 17.2. The third-order valence-electron chi connectivity index (χ3n) is 3.62. The third kappa shape index (κ3) is 3.37. The van der Waals surface area contributed by atoms with Gasteiger partial charge in [-0.2, -0.15) is 0 Å². The Morgan fingerprint density at radius 3 is 2.40 bits per heavy atom. The van der Waals surface area contributed by atoms with Crippen molar-refractivity contribution >= 4 is 15.7 Å². The van der Waals surface area contributed by atoms with Gasteiger partial charge in [0.25, 0.3) is 5.91 Å². The fraction of sp³-hybridized carbons (Fsp3) is 0.500. The van der Waals surface area contributed by atoms with E-state index in [1.807, 2.05) is 0 Å². The van der Waals surface area contributed by atoms with Gasteiger partial charge in [-0.05, 0) is 24.7 Å². The molecule has 0 unspecified atom stereocenters. The maximum Gasteiger partial charge on any atom is 0.253 e. The van der Waals surface area contributed by atoms with E-state index in [9.17, 15) is 13.2 Å². The van der Waals surface area contributed by atoms with Crippen molar-refractivity contribution in [2.75, 3.05) is 39.0 Å². The van der Waals surface area contributed by atoms with Crippen LogP contribution in [0.4, 0.5) is 0 Å². The summed E-state index contributed by atoms with van der Waals surface area (Å²) >= 11 is 0. The number of nitrogens with zero attached hydrogens (tertiary/aromatic N) is 2. The van der Waals surface area contributed by atoms with E-state index in [0.717, 1.165) is 25.9 Å². The van der Waals surface area contributed by atoms with Crippen LogP contribution in [0.3, 0.4) is 0 Å². The highest BCUT2D eigenvalue weighted by molar-refractivity contribution is 7.90. The van der Waals surface area contributed by atoms with Crippen LogP contribution in [0.25, 0.3) is 0 Å². The number of rotatable bonds is 3. The monoisotopic (exact) mass is 296 g/mol. The van der Waals surface area contributed by atoms with Crippen molar-refractivity contribution in [1.82, 2.24) is 9.80 Å². The van der Waals surface area contributed by atoms with Crippen molar-refractivity contribution in [2.24, 2.45) is 0 Å². The first-order valence-electron chi connectivity index (χ1n) is 6.73. The van der Waals surface area contributed by atoms with Gasteiger partial charge in [0.05, 0.1) is 4.90 Å². The molecule has 0 aliphatic carbocycles. The second-order valence-electron chi connectivity index (χ2n) is 5.03. The molecule has 20 heavy (non-hydrogen) atoms. The number of carbonyl (C=O) groups is 1. The number of benzene rings is 1. The number of piperazine rings is 1. The number of carbonyl (C=O) groups excluding carboxylic acids is 1. The molecule has 0 atom stereocenters. The van der Waals surface area contributed by atoms with Crippen molar-refractivity contribution in [2.45, 2.75) is 11.8 Å². The quantitative estimate of drug-likeness (QED) is 0.830. The molecule has 1 aliphatic heterocycles. The Labute approximate surface area is 120 Å². The van der Waals surface area contributed by atoms with Crippen molar-refractivity contribution in [3.05, 3.63) is 29.8 Å². The molecule has 0 N–H and O–H groups in total. The van der Waals surface area contributed by atoms with Crippen LogP contribution in [0.1, 0.15) is 17.3 Å². The summed E-state index contributed by atoms with van der Waals surface area (Å²) in [6.07, 6.45) is 1.15. The van der Waals surface area contributed by atoms with Crippen LogP contribution < -0.4 is 0 Å². The summed E-state index contributed by atoms with van der Waals surface area (Å²) in [4.78, 5) is 16.7. The molecule has 5 nitrogen and oxygen atoms in total. The SMILES string of the molecule is CCN1CCN(C(=O)c2cccc(S(C)(=O)=O)c2)CC1. The number of amides is 1. The van der Waals surface area contributed by atoms with Crippen molar-refractivity contribution < 1.29 is 13.2 Å². The maximum atomic E-state index is 12.4. The van der Waals surface area contributed by atoms with E-state index < -0.39 is 9.84 Å². The predicted octanol–water partition coefficient (Wildman–Crippen LogP) is 0.868. The minimum absolute atomic E-state index is 0.0914. The van der Waals surface area contributed by atoms with Crippen LogP contribution in [-0.4, -0.2) is 63.1 Å². The lowest BCUT2D eigenvalue weighted by Crippen LogP contribution is -2.48. The van der Waals surface area contributed by atoms with E-state index in [-0.39, 0.29) is 10.8 Å². The molecule has 1 heterocycles. The standard InChI is InChI=1S/C14H20N2O3S/c1-3-15-7-9-16(10-8-15)14(17)12-5-4-6-13(11-12)20(2,18)19/h4-6,11H,3,7-10H2,1-2H3. The van der Waals surface area contributed by atoms with Gasteiger partial charge in [0.15, 0.2) is 9.84 Å². The first-order valence-corrected chi connectivity index (χ1v) is 8.62. The molecule has 6 heteroatoms. The van der Waals surface area contributed by atoms with Crippen LogP contribution in [-0.2, 0) is 9.84 Å². The molecule has 0 saturated carbocycles. The van der Waals surface area contributed by atoms with Crippen molar-refractivity contribution in [3.63, 3.8) is 0 Å². The number of hydrogen-bond donors (Lipinski definition) is 0. The van der Waals surface area contributed by atoms with Crippen LogP contribution in [0.2, 0.25) is 0 Å². The topological polar surface area (TPSA) is 57.7 Å². The lowest BCUT2D eigenvalue weighted by Gasteiger charge is -2.34. The van der Waals surface area contributed by atoms with E-state index >= 15 is 0 Å². The lowest BCUT2D eigenvalue weighted by molar-refractivity contribution is 0.0643. The molecule has 1 aliphatic rings. The molecule has 0 bridgehead atoms. The second kappa shape index (κ2) is 5.93. The van der Waals surface area contributed by atoms with Gasteiger partial charge in [-0.1, -0.05) is 13.0 Å². The number of sulfone groups is 1. The van der Waals surface area contributed by atoms with Gasteiger partial charge >= 0.3 is 0 Å². The first-order chi connectivity index (χ1) is 9.41. The maximum absolute atomic E-state index is 12.4. The second-order valence-corrected chi connectivity index (χ2v) is 7.04. The van der Waals surface area contributed by atoms with Gasteiger partial charge in [-0.25, -0.2) is 8.42 Å². The van der Waals surface area contributed by atoms with Gasteiger partial charge in [0, 0.05) is 38.0 Å². The lowest BCUT2D eigenvalue weighted by atomic mass is 10.2. The summed E-state index contributed by atoms with van der Waals surface area (Å²) in [5, 5.41) is 0. The fourth-order valence-corrected chi connectivity index (χ4v) is 2.98. The highest BCUT2D eigenvalue weighted by Gasteiger charge is 2.22.